The van der Waals surface area contributed by atoms with Crippen LogP contribution < -0.4 is 0 Å². The summed E-state index contributed by atoms with van der Waals surface area (Å²) >= 11 is 0. The molecule has 0 aliphatic rings. The number of carbonyl (C=O) groups excluding carboxylic acids is 3. The molecule has 0 aromatic rings. The van der Waals surface area contributed by atoms with Gasteiger partial charge in [0.05, 0.1) is 0 Å². The molecule has 350 valence electrons. The molecule has 0 N–H and O–H groups in total. The third kappa shape index (κ3) is 47.3. The number of hydrogen-bond acceptors (Lipinski definition) is 6. The Balaban J connectivity index is 4.31. The van der Waals surface area contributed by atoms with Crippen LogP contribution in [0.4, 0.5) is 0 Å². The summed E-state index contributed by atoms with van der Waals surface area (Å²) in [4.78, 5) is 38.0. The van der Waals surface area contributed by atoms with Gasteiger partial charge in [0, 0.05) is 19.3 Å². The number of unbranched alkanes of at least 4 members (excludes halogenated alkanes) is 35. The predicted octanol–water partition coefficient (Wildman–Crippen LogP) is 17.1. The quantitative estimate of drug-likeness (QED) is 0.0345. The van der Waals surface area contributed by atoms with E-state index < -0.39 is 6.10 Å². The maximum atomic E-state index is 12.8. The molecule has 1 atom stereocenters. The lowest BCUT2D eigenvalue weighted by Gasteiger charge is -2.18. The number of hydrogen-bond donors (Lipinski definition) is 0. The molecule has 59 heavy (non-hydrogen) atoms. The average Bonchev–Trinajstić information content (AvgIpc) is 3.22. The molecule has 0 saturated carbocycles. The Morgan fingerprint density at radius 1 is 0.322 bits per heavy atom. The summed E-state index contributed by atoms with van der Waals surface area (Å²) in [7, 11) is 0. The summed E-state index contributed by atoms with van der Waals surface area (Å²) in [5.74, 6) is -0.00830. The van der Waals surface area contributed by atoms with Gasteiger partial charge in [-0.15, -0.1) is 0 Å². The van der Waals surface area contributed by atoms with Crippen LogP contribution in [0.1, 0.15) is 297 Å². The molecule has 0 unspecified atom stereocenters. The first-order valence-electron chi connectivity index (χ1n) is 26.4. The zero-order valence-electron chi connectivity index (χ0n) is 40.2. The number of carbonyl (C=O) groups is 3. The van der Waals surface area contributed by atoms with E-state index in [4.69, 9.17) is 14.2 Å². The molecule has 0 spiro atoms. The van der Waals surface area contributed by atoms with E-state index >= 15 is 0 Å². The second-order valence-electron chi connectivity index (χ2n) is 18.6. The van der Waals surface area contributed by atoms with Crippen molar-refractivity contribution >= 4 is 17.9 Å². The van der Waals surface area contributed by atoms with Gasteiger partial charge in [0.1, 0.15) is 13.2 Å². The fourth-order valence-corrected chi connectivity index (χ4v) is 8.04. The van der Waals surface area contributed by atoms with Crippen molar-refractivity contribution < 1.29 is 28.6 Å². The molecule has 0 saturated heterocycles. The van der Waals surface area contributed by atoms with Crippen molar-refractivity contribution in [2.24, 2.45) is 5.92 Å². The summed E-state index contributed by atoms with van der Waals surface area (Å²) in [5.41, 5.74) is 0. The number of esters is 3. The molecular weight excluding hydrogens is 733 g/mol. The molecule has 0 bridgehead atoms. The molecule has 6 nitrogen and oxygen atoms in total. The molecule has 0 aromatic carbocycles. The van der Waals surface area contributed by atoms with E-state index in [1.54, 1.807) is 0 Å². The highest BCUT2D eigenvalue weighted by atomic mass is 16.6. The third-order valence-corrected chi connectivity index (χ3v) is 12.0. The van der Waals surface area contributed by atoms with Crippen LogP contribution in [0.2, 0.25) is 0 Å². The Kier molecular flexibility index (Phi) is 46.2. The number of rotatable bonds is 48. The fraction of sp³-hybridized carbons (Fsp3) is 0.943. The number of ether oxygens (including phenoxy) is 3. The molecular formula is C53H102O6. The summed E-state index contributed by atoms with van der Waals surface area (Å²) in [5, 5.41) is 0. The Morgan fingerprint density at radius 3 is 0.831 bits per heavy atom. The summed E-state index contributed by atoms with van der Waals surface area (Å²) in [6, 6.07) is 0. The second kappa shape index (κ2) is 47.5. The third-order valence-electron chi connectivity index (χ3n) is 12.0. The minimum absolute atomic E-state index is 0.0625. The van der Waals surface area contributed by atoms with Crippen molar-refractivity contribution in [3.8, 4) is 0 Å². The zero-order chi connectivity index (χ0) is 43.1. The highest BCUT2D eigenvalue weighted by Crippen LogP contribution is 2.17. The van der Waals surface area contributed by atoms with E-state index in [0.29, 0.717) is 19.3 Å². The fourth-order valence-electron chi connectivity index (χ4n) is 8.04. The van der Waals surface area contributed by atoms with Crippen LogP contribution in [0, 0.1) is 5.92 Å². The summed E-state index contributed by atoms with van der Waals surface area (Å²) in [6.45, 7) is 9.03. The van der Waals surface area contributed by atoms with Gasteiger partial charge in [0.25, 0.3) is 0 Å². The molecule has 0 heterocycles. The Labute approximate surface area is 368 Å². The van der Waals surface area contributed by atoms with Crippen molar-refractivity contribution in [3.05, 3.63) is 0 Å². The largest absolute Gasteiger partial charge is 0.462 e. The van der Waals surface area contributed by atoms with Gasteiger partial charge in [-0.1, -0.05) is 259 Å². The van der Waals surface area contributed by atoms with Gasteiger partial charge in [-0.25, -0.2) is 0 Å². The Bertz CT molecular complexity index is 887. The van der Waals surface area contributed by atoms with E-state index in [-0.39, 0.29) is 31.1 Å². The molecule has 6 heteroatoms. The van der Waals surface area contributed by atoms with Crippen LogP contribution in [0.3, 0.4) is 0 Å². The zero-order valence-corrected chi connectivity index (χ0v) is 40.2. The van der Waals surface area contributed by atoms with E-state index in [1.807, 2.05) is 0 Å². The topological polar surface area (TPSA) is 78.9 Å². The second-order valence-corrected chi connectivity index (χ2v) is 18.6. The molecule has 0 fully saturated rings. The van der Waals surface area contributed by atoms with Crippen LogP contribution in [0.15, 0.2) is 0 Å². The summed E-state index contributed by atoms with van der Waals surface area (Å²) < 4.78 is 16.8. The maximum Gasteiger partial charge on any atom is 0.306 e. The SMILES string of the molecule is CCCCCCCCCCCCCCCC(=O)OC[C@H](COC(=O)CCCCCCCCCCCCCCC(C)C)OC(=O)CCCCCCCCCCCCCCC. The summed E-state index contributed by atoms with van der Waals surface area (Å²) in [6.07, 6.45) is 49.4. The van der Waals surface area contributed by atoms with E-state index in [0.717, 1.165) is 63.7 Å². The lowest BCUT2D eigenvalue weighted by atomic mass is 10.0. The van der Waals surface area contributed by atoms with Crippen LogP contribution in [-0.2, 0) is 28.6 Å². The van der Waals surface area contributed by atoms with Crippen molar-refractivity contribution in [2.45, 2.75) is 303 Å². The predicted molar refractivity (Wildman–Crippen MR) is 252 cm³/mol. The first-order chi connectivity index (χ1) is 28.9. The molecule has 0 aromatic heterocycles. The molecule has 0 amide bonds. The van der Waals surface area contributed by atoms with Gasteiger partial charge in [-0.05, 0) is 25.2 Å². The monoisotopic (exact) mass is 835 g/mol. The molecule has 0 rings (SSSR count). The Morgan fingerprint density at radius 2 is 0.559 bits per heavy atom. The van der Waals surface area contributed by atoms with Gasteiger partial charge < -0.3 is 14.2 Å². The lowest BCUT2D eigenvalue weighted by Crippen LogP contribution is -2.30. The standard InChI is InChI=1S/C53H102O6/c1-5-7-9-11-13-15-17-19-24-28-32-36-40-44-51(54)57-47-50(59-53(56)46-42-38-34-30-26-20-18-16-14-12-10-8-6-2)48-58-52(55)45-41-37-33-29-25-22-21-23-27-31-35-39-43-49(3)4/h49-50H,5-48H2,1-4H3/t50-/m1/s1. The minimum atomic E-state index is -0.760. The van der Waals surface area contributed by atoms with Crippen LogP contribution in [0.25, 0.3) is 0 Å². The molecule has 0 aliphatic heterocycles. The maximum absolute atomic E-state index is 12.8. The van der Waals surface area contributed by atoms with E-state index in [1.165, 1.54) is 193 Å². The highest BCUT2D eigenvalue weighted by molar-refractivity contribution is 5.71. The van der Waals surface area contributed by atoms with Gasteiger partial charge in [0.2, 0.25) is 0 Å². The lowest BCUT2D eigenvalue weighted by molar-refractivity contribution is -0.167. The van der Waals surface area contributed by atoms with Crippen LogP contribution in [0.5, 0.6) is 0 Å². The van der Waals surface area contributed by atoms with E-state index in [2.05, 4.69) is 27.7 Å². The smallest absolute Gasteiger partial charge is 0.306 e. The first kappa shape index (κ1) is 57.4. The van der Waals surface area contributed by atoms with Gasteiger partial charge >= 0.3 is 17.9 Å². The van der Waals surface area contributed by atoms with Crippen molar-refractivity contribution in [2.75, 3.05) is 13.2 Å². The normalized spacial score (nSPS) is 11.9. The van der Waals surface area contributed by atoms with Crippen molar-refractivity contribution in [3.63, 3.8) is 0 Å². The van der Waals surface area contributed by atoms with E-state index in [9.17, 15) is 14.4 Å². The van der Waals surface area contributed by atoms with Crippen LogP contribution >= 0.6 is 0 Å². The Hall–Kier alpha value is -1.59. The van der Waals surface area contributed by atoms with Crippen LogP contribution in [-0.4, -0.2) is 37.2 Å². The van der Waals surface area contributed by atoms with Crippen molar-refractivity contribution in [1.82, 2.24) is 0 Å². The highest BCUT2D eigenvalue weighted by Gasteiger charge is 2.19. The average molecular weight is 835 g/mol. The van der Waals surface area contributed by atoms with Gasteiger partial charge in [0.15, 0.2) is 6.10 Å². The van der Waals surface area contributed by atoms with Gasteiger partial charge in [-0.3, -0.25) is 14.4 Å². The minimum Gasteiger partial charge on any atom is -0.462 e. The first-order valence-corrected chi connectivity index (χ1v) is 26.4. The molecule has 0 radical (unpaired) electrons. The van der Waals surface area contributed by atoms with Crippen molar-refractivity contribution in [1.29, 1.82) is 0 Å². The van der Waals surface area contributed by atoms with Gasteiger partial charge in [-0.2, -0.15) is 0 Å². The molecule has 0 aliphatic carbocycles.